The molecular weight excluding hydrogens is 442 g/mol. The van der Waals surface area contributed by atoms with Crippen molar-refractivity contribution in [1.82, 2.24) is 19.9 Å². The molecule has 2 fully saturated rings. The van der Waals surface area contributed by atoms with E-state index in [4.69, 9.17) is 9.72 Å². The van der Waals surface area contributed by atoms with Crippen LogP contribution in [0.15, 0.2) is 36.7 Å². The van der Waals surface area contributed by atoms with Crippen LogP contribution in [0.1, 0.15) is 55.8 Å². The minimum Gasteiger partial charge on any atom is -0.375 e. The zero-order chi connectivity index (χ0) is 24.4. The molecule has 0 bridgehead atoms. The Hall–Kier alpha value is -3.26. The number of imidazole rings is 1. The lowest BCUT2D eigenvalue weighted by Gasteiger charge is -2.22. The maximum Gasteiger partial charge on any atom is 0.253 e. The molecule has 2 N–H and O–H groups in total. The quantitative estimate of drug-likeness (QED) is 0.503. The number of nitrogens with zero attached hydrogens (tertiary/aromatic N) is 3. The van der Waals surface area contributed by atoms with Crippen molar-refractivity contribution < 1.29 is 14.3 Å². The normalized spacial score (nSPS) is 18.5. The van der Waals surface area contributed by atoms with Gasteiger partial charge >= 0.3 is 0 Å². The molecule has 2 heterocycles. The Balaban J connectivity index is 1.48. The Morgan fingerprint density at radius 2 is 2.06 bits per heavy atom. The lowest BCUT2D eigenvalue weighted by molar-refractivity contribution is -0.119. The maximum atomic E-state index is 13.5. The van der Waals surface area contributed by atoms with Crippen molar-refractivity contribution in [1.29, 1.82) is 0 Å². The summed E-state index contributed by atoms with van der Waals surface area (Å²) >= 11 is 0. The molecule has 2 aliphatic rings. The number of carbonyl (C=O) groups is 2. The third-order valence-electron chi connectivity index (χ3n) is 7.60. The molecule has 5 rings (SSSR count). The number of carbonyl (C=O) groups excluding carboxylic acids is 2. The first-order valence-electron chi connectivity index (χ1n) is 12.6. The summed E-state index contributed by atoms with van der Waals surface area (Å²) in [5.41, 5.74) is 3.78. The van der Waals surface area contributed by atoms with Crippen molar-refractivity contribution >= 4 is 28.5 Å². The third kappa shape index (κ3) is 4.67. The van der Waals surface area contributed by atoms with Crippen LogP contribution in [0.4, 0.5) is 5.69 Å². The van der Waals surface area contributed by atoms with E-state index in [9.17, 15) is 9.59 Å². The Kier molecular flexibility index (Phi) is 6.56. The Morgan fingerprint density at radius 3 is 2.77 bits per heavy atom. The van der Waals surface area contributed by atoms with Crippen LogP contribution in [0.25, 0.3) is 22.4 Å². The van der Waals surface area contributed by atoms with Crippen molar-refractivity contribution in [2.45, 2.75) is 52.0 Å². The summed E-state index contributed by atoms with van der Waals surface area (Å²) in [6, 6.07) is 7.38. The van der Waals surface area contributed by atoms with Crippen LogP contribution in [-0.2, 0) is 16.1 Å². The topological polar surface area (TPSA) is 98.1 Å². The monoisotopic (exact) mass is 475 g/mol. The van der Waals surface area contributed by atoms with Gasteiger partial charge in [-0.15, -0.1) is 0 Å². The van der Waals surface area contributed by atoms with E-state index in [0.29, 0.717) is 41.2 Å². The molecule has 0 unspecified atom stereocenters. The lowest BCUT2D eigenvalue weighted by Crippen LogP contribution is -2.28. The number of fused-ring (bicyclic) bond motifs is 1. The van der Waals surface area contributed by atoms with Gasteiger partial charge < -0.3 is 19.9 Å². The summed E-state index contributed by atoms with van der Waals surface area (Å²) in [6.07, 6.45) is 11.2. The van der Waals surface area contributed by atoms with Gasteiger partial charge in [0.05, 0.1) is 16.6 Å². The number of hydrogen-bond donors (Lipinski definition) is 2. The number of amides is 2. The molecule has 2 aromatic heterocycles. The van der Waals surface area contributed by atoms with Crippen molar-refractivity contribution in [2.75, 3.05) is 25.6 Å². The van der Waals surface area contributed by atoms with Gasteiger partial charge in [-0.3, -0.25) is 14.6 Å². The van der Waals surface area contributed by atoms with E-state index in [1.807, 2.05) is 29.7 Å². The highest BCUT2D eigenvalue weighted by molar-refractivity contribution is 6.08. The number of hydrogen-bond acceptors (Lipinski definition) is 5. The van der Waals surface area contributed by atoms with Gasteiger partial charge in [0.15, 0.2) is 0 Å². The fourth-order valence-electron chi connectivity index (χ4n) is 5.76. The largest absolute Gasteiger partial charge is 0.375 e. The van der Waals surface area contributed by atoms with E-state index in [1.165, 1.54) is 45.6 Å². The Labute approximate surface area is 205 Å². The zero-order valence-electron chi connectivity index (χ0n) is 20.5. The maximum absolute atomic E-state index is 13.5. The Morgan fingerprint density at radius 1 is 1.23 bits per heavy atom. The molecular formula is C27H33N5O3. The van der Waals surface area contributed by atoms with Gasteiger partial charge in [0.25, 0.3) is 5.91 Å². The van der Waals surface area contributed by atoms with Gasteiger partial charge in [-0.1, -0.05) is 19.3 Å². The molecule has 3 aromatic rings. The van der Waals surface area contributed by atoms with E-state index in [-0.39, 0.29) is 18.4 Å². The molecule has 1 spiro atoms. The number of benzene rings is 1. The van der Waals surface area contributed by atoms with Crippen LogP contribution in [0, 0.1) is 11.3 Å². The summed E-state index contributed by atoms with van der Waals surface area (Å²) in [5, 5.41) is 6.04. The molecule has 8 nitrogen and oxygen atoms in total. The number of methoxy groups -OCH3 is 1. The number of aryl methyl sites for hydroxylation is 1. The smallest absolute Gasteiger partial charge is 0.253 e. The fourth-order valence-corrected chi connectivity index (χ4v) is 5.76. The number of nitrogens with one attached hydrogen (secondary N) is 2. The van der Waals surface area contributed by atoms with Crippen molar-refractivity contribution in [3.8, 4) is 11.4 Å². The van der Waals surface area contributed by atoms with Gasteiger partial charge in [-0.25, -0.2) is 4.98 Å². The molecule has 184 valence electrons. The van der Waals surface area contributed by atoms with Gasteiger partial charge in [0.2, 0.25) is 5.91 Å². The first-order valence-corrected chi connectivity index (χ1v) is 12.6. The summed E-state index contributed by atoms with van der Waals surface area (Å²) in [4.78, 5) is 34.8. The SMILES string of the molecule is CCn1c(-c2cccnc2)nc2cc(NC(=O)COC)cc(C(=O)NC[C@H]3CC34CCCCC4)c21. The van der Waals surface area contributed by atoms with Crippen LogP contribution in [0.2, 0.25) is 0 Å². The summed E-state index contributed by atoms with van der Waals surface area (Å²) < 4.78 is 6.99. The number of ether oxygens (including phenoxy) is 1. The fraction of sp³-hybridized carbons (Fsp3) is 0.481. The van der Waals surface area contributed by atoms with Crippen LogP contribution in [-0.4, -0.2) is 46.6 Å². The van der Waals surface area contributed by atoms with Crippen molar-refractivity contribution in [3.63, 3.8) is 0 Å². The zero-order valence-corrected chi connectivity index (χ0v) is 20.5. The molecule has 8 heteroatoms. The predicted octanol–water partition coefficient (Wildman–Crippen LogP) is 4.40. The second-order valence-corrected chi connectivity index (χ2v) is 9.83. The van der Waals surface area contributed by atoms with E-state index < -0.39 is 0 Å². The molecule has 2 amide bonds. The van der Waals surface area contributed by atoms with Crippen LogP contribution < -0.4 is 10.6 Å². The van der Waals surface area contributed by atoms with E-state index in [2.05, 4.69) is 15.6 Å². The van der Waals surface area contributed by atoms with E-state index in [0.717, 1.165) is 16.9 Å². The summed E-state index contributed by atoms with van der Waals surface area (Å²) in [7, 11) is 1.47. The average Bonchev–Trinajstić information content (AvgIpc) is 3.38. The second-order valence-electron chi connectivity index (χ2n) is 9.83. The number of pyridine rings is 1. The first kappa shape index (κ1) is 23.5. The minimum atomic E-state index is -0.280. The molecule has 1 aromatic carbocycles. The molecule has 35 heavy (non-hydrogen) atoms. The lowest BCUT2D eigenvalue weighted by atomic mass is 9.84. The van der Waals surface area contributed by atoms with E-state index >= 15 is 0 Å². The molecule has 0 radical (unpaired) electrons. The van der Waals surface area contributed by atoms with Crippen LogP contribution in [0.3, 0.4) is 0 Å². The van der Waals surface area contributed by atoms with Gasteiger partial charge in [-0.2, -0.15) is 0 Å². The standard InChI is InChI=1S/C27H33N5O3/c1-3-32-24-21(26(34)29-16-19-14-27(19)9-5-4-6-10-27)12-20(30-23(33)17-35-2)13-22(24)31-25(32)18-8-7-11-28-15-18/h7-8,11-13,15,19H,3-6,9-10,14,16-17H2,1-2H3,(H,29,34)(H,30,33)/t19-/m1/s1. The third-order valence-corrected chi connectivity index (χ3v) is 7.60. The van der Waals surface area contributed by atoms with E-state index in [1.54, 1.807) is 18.5 Å². The predicted molar refractivity (Wildman–Crippen MR) is 135 cm³/mol. The molecule has 0 aliphatic heterocycles. The highest BCUT2D eigenvalue weighted by Crippen LogP contribution is 2.61. The highest BCUT2D eigenvalue weighted by atomic mass is 16.5. The first-order chi connectivity index (χ1) is 17.0. The van der Waals surface area contributed by atoms with Crippen molar-refractivity contribution in [3.05, 3.63) is 42.2 Å². The van der Waals surface area contributed by atoms with Gasteiger partial charge in [-0.05, 0) is 61.8 Å². The number of aromatic nitrogens is 3. The average molecular weight is 476 g/mol. The number of anilines is 1. The molecule has 0 saturated heterocycles. The second kappa shape index (κ2) is 9.77. The number of rotatable bonds is 8. The molecule has 1 atom stereocenters. The highest BCUT2D eigenvalue weighted by Gasteiger charge is 2.53. The Bertz CT molecular complexity index is 1230. The summed E-state index contributed by atoms with van der Waals surface area (Å²) in [6.45, 7) is 3.31. The van der Waals surface area contributed by atoms with Crippen LogP contribution in [0.5, 0.6) is 0 Å². The van der Waals surface area contributed by atoms with Gasteiger partial charge in [0, 0.05) is 43.8 Å². The molecule has 2 aliphatic carbocycles. The van der Waals surface area contributed by atoms with Crippen LogP contribution >= 0.6 is 0 Å². The van der Waals surface area contributed by atoms with Crippen molar-refractivity contribution in [2.24, 2.45) is 11.3 Å². The van der Waals surface area contributed by atoms with Gasteiger partial charge in [0.1, 0.15) is 12.4 Å². The summed E-state index contributed by atoms with van der Waals surface area (Å²) in [5.74, 6) is 0.892. The molecule has 2 saturated carbocycles. The minimum absolute atomic E-state index is 0.0618.